The van der Waals surface area contributed by atoms with Gasteiger partial charge in [-0.2, -0.15) is 0 Å². The van der Waals surface area contributed by atoms with E-state index in [1.165, 1.54) is 0 Å². The Morgan fingerprint density at radius 1 is 1.07 bits per heavy atom. The van der Waals surface area contributed by atoms with E-state index in [-0.39, 0.29) is 18.1 Å². The maximum Gasteiger partial charge on any atom is 0.246 e. The fourth-order valence-corrected chi connectivity index (χ4v) is 3.43. The summed E-state index contributed by atoms with van der Waals surface area (Å²) in [7, 11) is 0. The lowest BCUT2D eigenvalue weighted by Crippen LogP contribution is -2.44. The number of allylic oxidation sites excluding steroid dienone is 2. The Morgan fingerprint density at radius 2 is 1.75 bits per heavy atom. The first-order valence-corrected chi connectivity index (χ1v) is 9.53. The molecule has 142 valence electrons. The smallest absolute Gasteiger partial charge is 0.246 e. The summed E-state index contributed by atoms with van der Waals surface area (Å²) in [4.78, 5) is 17.1. The number of nitrogens with zero attached hydrogens (tertiary/aromatic N) is 1. The predicted octanol–water partition coefficient (Wildman–Crippen LogP) is 3.45. The second-order valence-electron chi connectivity index (χ2n) is 6.72. The molecule has 1 amide bonds. The summed E-state index contributed by atoms with van der Waals surface area (Å²) in [6, 6.07) is 19.7. The Morgan fingerprint density at radius 3 is 2.43 bits per heavy atom. The van der Waals surface area contributed by atoms with Crippen molar-refractivity contribution in [3.8, 4) is 0 Å². The maximum absolute atomic E-state index is 12.2. The molecular formula is C23H23N3O2. The van der Waals surface area contributed by atoms with Crippen LogP contribution in [0.3, 0.4) is 0 Å². The van der Waals surface area contributed by atoms with E-state index >= 15 is 0 Å². The van der Waals surface area contributed by atoms with Crippen LogP contribution in [0.15, 0.2) is 89.6 Å². The number of likely N-dealkylation sites (N-methyl/N-ethyl adjacent to an activating group) is 1. The van der Waals surface area contributed by atoms with E-state index in [1.54, 1.807) is 0 Å². The first kappa shape index (κ1) is 18.0. The first-order chi connectivity index (χ1) is 13.8. The summed E-state index contributed by atoms with van der Waals surface area (Å²) in [5.41, 5.74) is 2.89. The van der Waals surface area contributed by atoms with Gasteiger partial charge in [-0.05, 0) is 24.1 Å². The molecule has 2 aliphatic heterocycles. The third-order valence-corrected chi connectivity index (χ3v) is 4.79. The Labute approximate surface area is 164 Å². The molecule has 0 aromatic heterocycles. The number of dihydropyridines is 1. The summed E-state index contributed by atoms with van der Waals surface area (Å²) in [6.45, 7) is 2.49. The third-order valence-electron chi connectivity index (χ3n) is 4.79. The Kier molecular flexibility index (Phi) is 5.24. The molecule has 0 fully saturated rings. The maximum atomic E-state index is 12.2. The topological polar surface area (TPSA) is 62.7 Å². The van der Waals surface area contributed by atoms with Crippen LogP contribution >= 0.6 is 0 Å². The van der Waals surface area contributed by atoms with Gasteiger partial charge in [-0.1, -0.05) is 72.8 Å². The number of amides is 1. The lowest BCUT2D eigenvalue weighted by molar-refractivity contribution is -0.121. The van der Waals surface area contributed by atoms with Crippen LogP contribution < -0.4 is 10.6 Å². The van der Waals surface area contributed by atoms with Gasteiger partial charge in [-0.3, -0.25) is 4.79 Å². The zero-order valence-electron chi connectivity index (χ0n) is 15.7. The van der Waals surface area contributed by atoms with E-state index in [0.29, 0.717) is 12.4 Å². The molecule has 0 spiro atoms. The number of ether oxygens (including phenoxy) is 1. The summed E-state index contributed by atoms with van der Waals surface area (Å²) in [6.07, 6.45) is 5.37. The highest BCUT2D eigenvalue weighted by molar-refractivity contribution is 5.97. The monoisotopic (exact) mass is 373 g/mol. The molecule has 4 rings (SSSR count). The highest BCUT2D eigenvalue weighted by Crippen LogP contribution is 2.40. The molecule has 5 nitrogen and oxygen atoms in total. The molecule has 2 N–H and O–H groups in total. The molecular weight excluding hydrogens is 350 g/mol. The van der Waals surface area contributed by atoms with E-state index in [0.717, 1.165) is 16.8 Å². The van der Waals surface area contributed by atoms with Crippen molar-refractivity contribution in [3.05, 3.63) is 95.7 Å². The minimum absolute atomic E-state index is 0.0674. The first-order valence-electron chi connectivity index (χ1n) is 9.53. The summed E-state index contributed by atoms with van der Waals surface area (Å²) >= 11 is 0. The molecule has 2 aromatic carbocycles. The molecule has 5 heteroatoms. The Balaban J connectivity index is 1.62. The molecule has 28 heavy (non-hydrogen) atoms. The average molecular weight is 373 g/mol. The molecule has 0 saturated carbocycles. The molecule has 3 atom stereocenters. The standard InChI is InChI=1S/C23H23N3O2/c1-2-24-22(27)18-14-9-15-19(25-18)23-26-20(16-10-5-3-6-11-16)21(28-23)17-12-7-4-8-13-17/h3-15,18,20-21,25H,2H2,1H3,(H,24,27). The van der Waals surface area contributed by atoms with Gasteiger partial charge in [0.05, 0.1) is 5.70 Å². The highest BCUT2D eigenvalue weighted by Gasteiger charge is 2.35. The van der Waals surface area contributed by atoms with Gasteiger partial charge >= 0.3 is 0 Å². The fourth-order valence-electron chi connectivity index (χ4n) is 3.43. The van der Waals surface area contributed by atoms with Gasteiger partial charge in [-0.25, -0.2) is 4.99 Å². The van der Waals surface area contributed by atoms with Crippen molar-refractivity contribution in [2.45, 2.75) is 25.1 Å². The summed E-state index contributed by atoms with van der Waals surface area (Å²) in [5.74, 6) is 0.462. The second-order valence-corrected chi connectivity index (χ2v) is 6.72. The van der Waals surface area contributed by atoms with E-state index in [1.807, 2.05) is 61.5 Å². The van der Waals surface area contributed by atoms with Crippen molar-refractivity contribution in [2.24, 2.45) is 4.99 Å². The van der Waals surface area contributed by atoms with Gasteiger partial charge in [0.15, 0.2) is 6.10 Å². The van der Waals surface area contributed by atoms with Crippen LogP contribution in [-0.4, -0.2) is 24.4 Å². The van der Waals surface area contributed by atoms with Crippen LogP contribution in [0.4, 0.5) is 0 Å². The number of hydrogen-bond acceptors (Lipinski definition) is 4. The molecule has 2 aromatic rings. The van der Waals surface area contributed by atoms with Crippen molar-refractivity contribution >= 4 is 11.8 Å². The lowest BCUT2D eigenvalue weighted by Gasteiger charge is -2.22. The molecule has 2 heterocycles. The van der Waals surface area contributed by atoms with Crippen molar-refractivity contribution in [1.29, 1.82) is 0 Å². The Bertz CT molecular complexity index is 919. The number of hydrogen-bond donors (Lipinski definition) is 2. The zero-order chi connectivity index (χ0) is 19.3. The number of aliphatic imine (C=N–C) groups is 1. The van der Waals surface area contributed by atoms with Crippen molar-refractivity contribution in [2.75, 3.05) is 6.54 Å². The third kappa shape index (κ3) is 3.69. The second kappa shape index (κ2) is 8.13. The van der Waals surface area contributed by atoms with Crippen LogP contribution in [0.5, 0.6) is 0 Å². The largest absolute Gasteiger partial charge is 0.466 e. The molecule has 0 radical (unpaired) electrons. The van der Waals surface area contributed by atoms with Crippen LogP contribution in [0.1, 0.15) is 30.2 Å². The number of carbonyl (C=O) groups is 1. The predicted molar refractivity (Wildman–Crippen MR) is 110 cm³/mol. The number of benzene rings is 2. The molecule has 3 unspecified atom stereocenters. The summed E-state index contributed by atoms with van der Waals surface area (Å²) < 4.78 is 6.30. The van der Waals surface area contributed by atoms with Crippen LogP contribution in [0.2, 0.25) is 0 Å². The molecule has 0 saturated heterocycles. The van der Waals surface area contributed by atoms with E-state index in [9.17, 15) is 4.79 Å². The molecule has 2 aliphatic rings. The number of rotatable bonds is 5. The molecule has 0 bridgehead atoms. The van der Waals surface area contributed by atoms with E-state index < -0.39 is 6.04 Å². The van der Waals surface area contributed by atoms with Crippen LogP contribution in [0.25, 0.3) is 0 Å². The van der Waals surface area contributed by atoms with Crippen molar-refractivity contribution < 1.29 is 9.53 Å². The van der Waals surface area contributed by atoms with E-state index in [4.69, 9.17) is 9.73 Å². The van der Waals surface area contributed by atoms with Crippen LogP contribution in [-0.2, 0) is 9.53 Å². The van der Waals surface area contributed by atoms with Crippen molar-refractivity contribution in [3.63, 3.8) is 0 Å². The zero-order valence-corrected chi connectivity index (χ0v) is 15.7. The van der Waals surface area contributed by atoms with Crippen molar-refractivity contribution in [1.82, 2.24) is 10.6 Å². The average Bonchev–Trinajstić information content (AvgIpc) is 3.21. The fraction of sp³-hybridized carbons (Fsp3) is 0.217. The van der Waals surface area contributed by atoms with Gasteiger partial charge in [0, 0.05) is 6.54 Å². The van der Waals surface area contributed by atoms with Gasteiger partial charge in [0.2, 0.25) is 11.8 Å². The number of carbonyl (C=O) groups excluding carboxylic acids is 1. The van der Waals surface area contributed by atoms with Gasteiger partial charge in [0.1, 0.15) is 12.1 Å². The normalized spacial score (nSPS) is 23.2. The quantitative estimate of drug-likeness (QED) is 0.844. The Hall–Kier alpha value is -3.34. The number of nitrogens with one attached hydrogen (secondary N) is 2. The van der Waals surface area contributed by atoms with Crippen LogP contribution in [0, 0.1) is 0 Å². The van der Waals surface area contributed by atoms with Gasteiger partial charge in [0.25, 0.3) is 0 Å². The van der Waals surface area contributed by atoms with E-state index in [2.05, 4.69) is 34.9 Å². The lowest BCUT2D eigenvalue weighted by atomic mass is 9.97. The summed E-state index contributed by atoms with van der Waals surface area (Å²) in [5, 5.41) is 6.07. The SMILES string of the molecule is CCNC(=O)C1C=CC=C(C2=NC(c3ccccc3)C(c3ccccc3)O2)N1. The molecule has 0 aliphatic carbocycles. The van der Waals surface area contributed by atoms with Gasteiger partial charge < -0.3 is 15.4 Å². The minimum Gasteiger partial charge on any atom is -0.466 e. The highest BCUT2D eigenvalue weighted by atomic mass is 16.5. The minimum atomic E-state index is -0.433. The van der Waals surface area contributed by atoms with Gasteiger partial charge in [-0.15, -0.1) is 0 Å².